The second-order valence-corrected chi connectivity index (χ2v) is 9.60. The minimum absolute atomic E-state index is 0.123. The van der Waals surface area contributed by atoms with Gasteiger partial charge < -0.3 is 14.5 Å². The Labute approximate surface area is 198 Å². The highest BCUT2D eigenvalue weighted by atomic mass is 32.2. The molecule has 0 bridgehead atoms. The molecule has 1 aromatic heterocycles. The first-order chi connectivity index (χ1) is 15.3. The minimum Gasteiger partial charge on any atom is -0.383 e. The topological polar surface area (TPSA) is 81.8 Å². The Bertz CT molecular complexity index is 1040. The van der Waals surface area contributed by atoms with E-state index in [1.54, 1.807) is 18.6 Å². The predicted octanol–water partition coefficient (Wildman–Crippen LogP) is 2.04. The van der Waals surface area contributed by atoms with Gasteiger partial charge in [0.05, 0.1) is 18.1 Å². The number of likely N-dealkylation sites (N-methyl/N-ethyl adjacent to an activating group) is 1. The van der Waals surface area contributed by atoms with Gasteiger partial charge in [0.1, 0.15) is 21.8 Å². The zero-order valence-electron chi connectivity index (χ0n) is 19.0. The quantitative estimate of drug-likeness (QED) is 0.438. The Balaban J connectivity index is 2.18. The summed E-state index contributed by atoms with van der Waals surface area (Å²) in [6.07, 6.45) is 2.56. The van der Waals surface area contributed by atoms with Crippen LogP contribution < -0.4 is 10.5 Å². The van der Waals surface area contributed by atoms with Crippen LogP contribution in [-0.2, 0) is 16.1 Å². The van der Waals surface area contributed by atoms with E-state index in [0.717, 1.165) is 44.0 Å². The summed E-state index contributed by atoms with van der Waals surface area (Å²) >= 11 is 6.66. The number of nitrogens with zero attached hydrogens (tertiary/aromatic N) is 5. The van der Waals surface area contributed by atoms with Crippen molar-refractivity contribution in [2.75, 3.05) is 58.4 Å². The SMILES string of the molecule is CCCn1c(N2CCN(C)CC2)c(C=C2SC(=S)N(CCOC)C2=O)c(C)c(C#N)c1=O. The van der Waals surface area contributed by atoms with Crippen LogP contribution in [0.4, 0.5) is 5.82 Å². The smallest absolute Gasteiger partial charge is 0.270 e. The van der Waals surface area contributed by atoms with E-state index in [1.807, 2.05) is 13.0 Å². The first-order valence-electron chi connectivity index (χ1n) is 10.7. The maximum absolute atomic E-state index is 13.2. The van der Waals surface area contributed by atoms with Crippen molar-refractivity contribution < 1.29 is 9.53 Å². The van der Waals surface area contributed by atoms with E-state index in [0.29, 0.717) is 34.5 Å². The van der Waals surface area contributed by atoms with Gasteiger partial charge in [-0.25, -0.2) is 0 Å². The van der Waals surface area contributed by atoms with Gasteiger partial charge in [0.25, 0.3) is 11.5 Å². The number of nitriles is 1. The fourth-order valence-corrected chi connectivity index (χ4v) is 5.23. The van der Waals surface area contributed by atoms with Gasteiger partial charge in [-0.1, -0.05) is 30.9 Å². The minimum atomic E-state index is -0.273. The summed E-state index contributed by atoms with van der Waals surface area (Å²) in [5.74, 6) is 0.608. The third kappa shape index (κ3) is 4.76. The summed E-state index contributed by atoms with van der Waals surface area (Å²) in [5, 5.41) is 9.73. The van der Waals surface area contributed by atoms with Crippen LogP contribution in [0.5, 0.6) is 0 Å². The number of aromatic nitrogens is 1. The van der Waals surface area contributed by atoms with E-state index in [1.165, 1.54) is 16.7 Å². The average molecular weight is 476 g/mol. The molecule has 0 atom stereocenters. The number of rotatable bonds is 7. The third-order valence-corrected chi connectivity index (χ3v) is 7.14. The Morgan fingerprint density at radius 1 is 1.22 bits per heavy atom. The fourth-order valence-electron chi connectivity index (χ4n) is 3.94. The number of carbonyl (C=O) groups excluding carboxylic acids is 1. The molecule has 0 unspecified atom stereocenters. The number of anilines is 1. The lowest BCUT2D eigenvalue weighted by atomic mass is 10.0. The number of amides is 1. The number of carbonyl (C=O) groups is 1. The highest BCUT2D eigenvalue weighted by molar-refractivity contribution is 8.26. The molecule has 0 saturated carbocycles. The summed E-state index contributed by atoms with van der Waals surface area (Å²) in [5.41, 5.74) is 1.19. The zero-order chi connectivity index (χ0) is 23.4. The van der Waals surface area contributed by atoms with Crippen LogP contribution in [0.1, 0.15) is 30.0 Å². The van der Waals surface area contributed by atoms with Crippen molar-refractivity contribution in [3.05, 3.63) is 31.9 Å². The van der Waals surface area contributed by atoms with Gasteiger partial charge in [-0.05, 0) is 32.0 Å². The number of thiocarbonyl (C=S) groups is 1. The van der Waals surface area contributed by atoms with Crippen molar-refractivity contribution in [2.45, 2.75) is 26.8 Å². The lowest BCUT2D eigenvalue weighted by molar-refractivity contribution is -0.122. The molecule has 172 valence electrons. The Morgan fingerprint density at radius 2 is 1.91 bits per heavy atom. The Morgan fingerprint density at radius 3 is 2.50 bits per heavy atom. The maximum atomic E-state index is 13.2. The van der Waals surface area contributed by atoms with Gasteiger partial charge >= 0.3 is 0 Å². The molecular weight excluding hydrogens is 446 g/mol. The molecule has 3 heterocycles. The number of hydrogen-bond acceptors (Lipinski definition) is 8. The van der Waals surface area contributed by atoms with Crippen LogP contribution in [0.3, 0.4) is 0 Å². The lowest BCUT2D eigenvalue weighted by Gasteiger charge is -2.36. The predicted molar refractivity (Wildman–Crippen MR) is 132 cm³/mol. The number of methoxy groups -OCH3 is 1. The van der Waals surface area contributed by atoms with Gasteiger partial charge in [0.15, 0.2) is 0 Å². The molecule has 0 N–H and O–H groups in total. The molecule has 0 spiro atoms. The van der Waals surface area contributed by atoms with E-state index in [4.69, 9.17) is 17.0 Å². The van der Waals surface area contributed by atoms with Crippen molar-refractivity contribution in [3.63, 3.8) is 0 Å². The molecule has 3 rings (SSSR count). The van der Waals surface area contributed by atoms with Crippen molar-refractivity contribution in [2.24, 2.45) is 0 Å². The van der Waals surface area contributed by atoms with Gasteiger partial charge in [0.2, 0.25) is 0 Å². The molecule has 32 heavy (non-hydrogen) atoms. The number of pyridine rings is 1. The molecule has 0 aliphatic carbocycles. The van der Waals surface area contributed by atoms with Crippen LogP contribution >= 0.6 is 24.0 Å². The van der Waals surface area contributed by atoms with Gasteiger partial charge in [-0.2, -0.15) is 5.26 Å². The summed E-state index contributed by atoms with van der Waals surface area (Å²) in [4.78, 5) is 32.7. The number of ether oxygens (including phenoxy) is 1. The zero-order valence-corrected chi connectivity index (χ0v) is 20.6. The first-order valence-corrected chi connectivity index (χ1v) is 11.9. The third-order valence-electron chi connectivity index (χ3n) is 5.76. The summed E-state index contributed by atoms with van der Waals surface area (Å²) in [7, 11) is 3.66. The Kier molecular flexibility index (Phi) is 8.11. The van der Waals surface area contributed by atoms with Crippen molar-refractivity contribution in [3.8, 4) is 6.07 Å². The summed E-state index contributed by atoms with van der Waals surface area (Å²) in [6.45, 7) is 8.36. The second kappa shape index (κ2) is 10.6. The fraction of sp³-hybridized carbons (Fsp3) is 0.545. The molecule has 0 radical (unpaired) electrons. The number of hydrogen-bond donors (Lipinski definition) is 0. The number of piperazine rings is 1. The molecule has 0 aromatic carbocycles. The monoisotopic (exact) mass is 475 g/mol. The van der Waals surface area contributed by atoms with Crippen LogP contribution in [0, 0.1) is 18.3 Å². The molecule has 2 aliphatic rings. The van der Waals surface area contributed by atoms with E-state index in [-0.39, 0.29) is 17.0 Å². The standard InChI is InChI=1S/C22H29N5O3S2/c1-5-6-26-19(25-9-7-24(3)8-10-25)16(15(2)17(14-23)20(26)28)13-18-21(29)27(11-12-30-4)22(31)32-18/h13H,5-12H2,1-4H3. The van der Waals surface area contributed by atoms with Crippen LogP contribution in [-0.4, -0.2) is 78.1 Å². The van der Waals surface area contributed by atoms with Crippen molar-refractivity contribution in [1.82, 2.24) is 14.4 Å². The summed E-state index contributed by atoms with van der Waals surface area (Å²) in [6, 6.07) is 2.09. The van der Waals surface area contributed by atoms with Gasteiger partial charge in [-0.3, -0.25) is 19.1 Å². The average Bonchev–Trinajstić information content (AvgIpc) is 3.04. The van der Waals surface area contributed by atoms with Crippen LogP contribution in [0.15, 0.2) is 9.70 Å². The first kappa shape index (κ1) is 24.5. The lowest BCUT2D eigenvalue weighted by Crippen LogP contribution is -2.47. The summed E-state index contributed by atoms with van der Waals surface area (Å²) < 4.78 is 7.29. The molecule has 8 nitrogen and oxygen atoms in total. The van der Waals surface area contributed by atoms with Crippen molar-refractivity contribution >= 4 is 46.1 Å². The highest BCUT2D eigenvalue weighted by Gasteiger charge is 2.33. The molecular formula is C22H29N5O3S2. The molecule has 10 heteroatoms. The van der Waals surface area contributed by atoms with E-state index in [2.05, 4.69) is 22.9 Å². The van der Waals surface area contributed by atoms with Crippen LogP contribution in [0.2, 0.25) is 0 Å². The molecule has 1 amide bonds. The van der Waals surface area contributed by atoms with Crippen LogP contribution in [0.25, 0.3) is 6.08 Å². The highest BCUT2D eigenvalue weighted by Crippen LogP contribution is 2.36. The molecule has 1 aromatic rings. The van der Waals surface area contributed by atoms with Gasteiger partial charge in [-0.15, -0.1) is 0 Å². The van der Waals surface area contributed by atoms with Gasteiger partial charge in [0, 0.05) is 45.4 Å². The largest absolute Gasteiger partial charge is 0.383 e. The van der Waals surface area contributed by atoms with Crippen molar-refractivity contribution in [1.29, 1.82) is 5.26 Å². The van der Waals surface area contributed by atoms with E-state index >= 15 is 0 Å². The van der Waals surface area contributed by atoms with E-state index < -0.39 is 0 Å². The molecule has 2 aliphatic heterocycles. The van der Waals surface area contributed by atoms with E-state index in [9.17, 15) is 14.9 Å². The number of thioether (sulfide) groups is 1. The Hall–Kier alpha value is -2.19. The second-order valence-electron chi connectivity index (χ2n) is 7.92. The molecule has 2 saturated heterocycles. The normalized spacial score (nSPS) is 18.7. The molecule has 2 fully saturated rings. The maximum Gasteiger partial charge on any atom is 0.270 e.